The largest absolute Gasteiger partial charge is 0.235 e. The van der Waals surface area contributed by atoms with Crippen LogP contribution in [0.3, 0.4) is 0 Å². The lowest BCUT2D eigenvalue weighted by Gasteiger charge is -2.08. The Hall–Kier alpha value is -2.26. The minimum Gasteiger partial charge on any atom is -0.235 e. The summed E-state index contributed by atoms with van der Waals surface area (Å²) in [6.45, 7) is 0. The number of halogens is 3. The minimum atomic E-state index is -0.375. The van der Waals surface area contributed by atoms with Gasteiger partial charge in [-0.2, -0.15) is 0 Å². The average molecular weight is 302 g/mol. The summed E-state index contributed by atoms with van der Waals surface area (Å²) in [5.41, 5.74) is 1.63. The van der Waals surface area contributed by atoms with Crippen LogP contribution >= 0.6 is 11.6 Å². The Morgan fingerprint density at radius 3 is 1.81 bits per heavy atom. The van der Waals surface area contributed by atoms with E-state index in [4.69, 9.17) is 11.6 Å². The van der Waals surface area contributed by atoms with Crippen molar-refractivity contribution in [2.75, 3.05) is 0 Å². The lowest BCUT2D eigenvalue weighted by Crippen LogP contribution is -1.92. The number of aromatic nitrogens is 1. The summed E-state index contributed by atoms with van der Waals surface area (Å²) in [7, 11) is 0. The van der Waals surface area contributed by atoms with E-state index in [0.717, 1.165) is 0 Å². The molecule has 0 bridgehead atoms. The second kappa shape index (κ2) is 5.62. The zero-order valence-corrected chi connectivity index (χ0v) is 11.6. The molecule has 21 heavy (non-hydrogen) atoms. The molecule has 0 aliphatic rings. The van der Waals surface area contributed by atoms with Gasteiger partial charge >= 0.3 is 0 Å². The topological polar surface area (TPSA) is 12.9 Å². The van der Waals surface area contributed by atoms with Crippen LogP contribution in [0.15, 0.2) is 60.7 Å². The second-order valence-electron chi connectivity index (χ2n) is 4.49. The molecule has 0 atom stereocenters. The molecule has 4 heteroatoms. The van der Waals surface area contributed by atoms with E-state index < -0.39 is 0 Å². The molecule has 1 aromatic heterocycles. The minimum absolute atomic E-state index is 0.140. The van der Waals surface area contributed by atoms with E-state index in [2.05, 4.69) is 4.98 Å². The van der Waals surface area contributed by atoms with Gasteiger partial charge in [0, 0.05) is 16.7 Å². The Morgan fingerprint density at radius 1 is 0.667 bits per heavy atom. The van der Waals surface area contributed by atoms with Crippen molar-refractivity contribution in [3.63, 3.8) is 0 Å². The molecule has 0 saturated heterocycles. The predicted octanol–water partition coefficient (Wildman–Crippen LogP) is 5.35. The second-order valence-corrected chi connectivity index (χ2v) is 4.85. The quantitative estimate of drug-likeness (QED) is 0.582. The maximum absolute atomic E-state index is 13.8. The van der Waals surface area contributed by atoms with Crippen molar-refractivity contribution in [3.8, 4) is 22.4 Å². The van der Waals surface area contributed by atoms with Crippen LogP contribution in [-0.2, 0) is 0 Å². The zero-order chi connectivity index (χ0) is 14.8. The maximum atomic E-state index is 13.8. The molecule has 0 unspecified atom stereocenters. The fourth-order valence-electron chi connectivity index (χ4n) is 2.13. The summed E-state index contributed by atoms with van der Waals surface area (Å²) in [6.07, 6.45) is 0. The molecule has 0 saturated carbocycles. The van der Waals surface area contributed by atoms with Gasteiger partial charge in [-0.25, -0.2) is 13.8 Å². The first-order valence-electron chi connectivity index (χ1n) is 6.33. The van der Waals surface area contributed by atoms with Crippen molar-refractivity contribution in [1.82, 2.24) is 4.98 Å². The van der Waals surface area contributed by atoms with Gasteiger partial charge in [0.15, 0.2) is 0 Å². The molecule has 3 aromatic rings. The molecule has 1 nitrogen and oxygen atoms in total. The van der Waals surface area contributed by atoms with Crippen LogP contribution in [0.5, 0.6) is 0 Å². The first kappa shape index (κ1) is 13.7. The normalized spacial score (nSPS) is 10.6. The van der Waals surface area contributed by atoms with Crippen LogP contribution in [0.2, 0.25) is 5.15 Å². The number of nitrogens with zero attached hydrogens (tertiary/aromatic N) is 1. The molecule has 0 aliphatic carbocycles. The average Bonchev–Trinajstić information content (AvgIpc) is 2.49. The van der Waals surface area contributed by atoms with Gasteiger partial charge in [-0.15, -0.1) is 0 Å². The van der Waals surface area contributed by atoms with E-state index >= 15 is 0 Å². The third-order valence-electron chi connectivity index (χ3n) is 3.16. The molecule has 0 aliphatic heterocycles. The van der Waals surface area contributed by atoms with Gasteiger partial charge in [-0.1, -0.05) is 41.9 Å². The van der Waals surface area contributed by atoms with E-state index in [9.17, 15) is 8.78 Å². The molecule has 0 spiro atoms. The SMILES string of the molecule is Fc1ccccc1-c1ccc(-c2ccccc2F)c(Cl)n1. The predicted molar refractivity (Wildman–Crippen MR) is 80.0 cm³/mol. The molecule has 0 radical (unpaired) electrons. The van der Waals surface area contributed by atoms with Gasteiger partial charge in [-0.3, -0.25) is 0 Å². The molecule has 0 fully saturated rings. The number of hydrogen-bond acceptors (Lipinski definition) is 1. The standard InChI is InChI=1S/C17H10ClF2N/c18-17-12(11-5-1-3-7-14(11)19)9-10-16(21-17)13-6-2-4-8-15(13)20/h1-10H. The molecular formula is C17H10ClF2N. The van der Waals surface area contributed by atoms with Gasteiger partial charge in [0.2, 0.25) is 0 Å². The van der Waals surface area contributed by atoms with Crippen molar-refractivity contribution in [2.24, 2.45) is 0 Å². The summed E-state index contributed by atoms with van der Waals surface area (Å²) in [5.74, 6) is -0.750. The van der Waals surface area contributed by atoms with Crippen molar-refractivity contribution in [3.05, 3.63) is 77.5 Å². The lowest BCUT2D eigenvalue weighted by molar-refractivity contribution is 0.630. The molecule has 3 rings (SSSR count). The molecule has 1 heterocycles. The fourth-order valence-corrected chi connectivity index (χ4v) is 2.39. The number of pyridine rings is 1. The Kier molecular flexibility index (Phi) is 3.67. The summed E-state index contributed by atoms with van der Waals surface area (Å²) >= 11 is 6.14. The maximum Gasteiger partial charge on any atom is 0.137 e. The molecular weight excluding hydrogens is 292 g/mol. The van der Waals surface area contributed by atoms with Gasteiger partial charge in [0.1, 0.15) is 16.8 Å². The Morgan fingerprint density at radius 2 is 1.24 bits per heavy atom. The van der Waals surface area contributed by atoms with Crippen LogP contribution in [0.1, 0.15) is 0 Å². The Balaban J connectivity index is 2.09. The first-order chi connectivity index (χ1) is 10.2. The summed E-state index contributed by atoms with van der Waals surface area (Å²) in [6, 6.07) is 15.9. The van der Waals surface area contributed by atoms with Crippen LogP contribution < -0.4 is 0 Å². The zero-order valence-electron chi connectivity index (χ0n) is 10.9. The van der Waals surface area contributed by atoms with Crippen LogP contribution in [0, 0.1) is 11.6 Å². The van der Waals surface area contributed by atoms with E-state index in [1.807, 2.05) is 0 Å². The highest BCUT2D eigenvalue weighted by Crippen LogP contribution is 2.31. The number of hydrogen-bond donors (Lipinski definition) is 0. The van der Waals surface area contributed by atoms with Crippen LogP contribution in [0.4, 0.5) is 8.78 Å². The first-order valence-corrected chi connectivity index (χ1v) is 6.71. The summed E-state index contributed by atoms with van der Waals surface area (Å²) in [5, 5.41) is 0.140. The Labute approximate surface area is 125 Å². The highest BCUT2D eigenvalue weighted by Gasteiger charge is 2.12. The van der Waals surface area contributed by atoms with E-state index in [1.165, 1.54) is 12.1 Å². The highest BCUT2D eigenvalue weighted by molar-refractivity contribution is 6.32. The van der Waals surface area contributed by atoms with Crippen molar-refractivity contribution in [2.45, 2.75) is 0 Å². The van der Waals surface area contributed by atoms with Gasteiger partial charge in [0.05, 0.1) is 5.69 Å². The fraction of sp³-hybridized carbons (Fsp3) is 0. The number of rotatable bonds is 2. The third kappa shape index (κ3) is 2.65. The van der Waals surface area contributed by atoms with E-state index in [1.54, 1.807) is 48.5 Å². The van der Waals surface area contributed by atoms with Crippen molar-refractivity contribution < 1.29 is 8.78 Å². The smallest absolute Gasteiger partial charge is 0.137 e. The van der Waals surface area contributed by atoms with E-state index in [-0.39, 0.29) is 16.8 Å². The third-order valence-corrected chi connectivity index (χ3v) is 3.45. The Bertz CT molecular complexity index is 802. The van der Waals surface area contributed by atoms with Crippen molar-refractivity contribution in [1.29, 1.82) is 0 Å². The van der Waals surface area contributed by atoms with Crippen LogP contribution in [0.25, 0.3) is 22.4 Å². The summed E-state index contributed by atoms with van der Waals surface area (Å²) < 4.78 is 27.5. The van der Waals surface area contributed by atoms with Crippen LogP contribution in [-0.4, -0.2) is 4.98 Å². The molecule has 104 valence electrons. The monoisotopic (exact) mass is 301 g/mol. The molecule has 0 amide bonds. The molecule has 0 N–H and O–H groups in total. The lowest BCUT2D eigenvalue weighted by atomic mass is 10.1. The van der Waals surface area contributed by atoms with Gasteiger partial charge in [0.25, 0.3) is 0 Å². The summed E-state index contributed by atoms with van der Waals surface area (Å²) in [4.78, 5) is 4.18. The van der Waals surface area contributed by atoms with Gasteiger partial charge in [-0.05, 0) is 30.3 Å². The highest BCUT2D eigenvalue weighted by atomic mass is 35.5. The van der Waals surface area contributed by atoms with E-state index in [0.29, 0.717) is 22.4 Å². The van der Waals surface area contributed by atoms with Gasteiger partial charge < -0.3 is 0 Å². The van der Waals surface area contributed by atoms with Crippen molar-refractivity contribution >= 4 is 11.6 Å². The number of benzene rings is 2. The molecule has 2 aromatic carbocycles.